The van der Waals surface area contributed by atoms with Gasteiger partial charge in [-0.1, -0.05) is 0 Å². The standard InChI is InChI=1S/C16H21N3O3/c1-3-19-14-12(7-5-8-17-14)11-13(16(19)21)15(20)18-9-6-10-22-4-2/h5,7-8,11H,3-4,6,9-10H2,1-2H3,(H,18,20). The quantitative estimate of drug-likeness (QED) is 0.788. The van der Waals surface area contributed by atoms with E-state index in [1.54, 1.807) is 18.3 Å². The average molecular weight is 303 g/mol. The highest BCUT2D eigenvalue weighted by atomic mass is 16.5. The van der Waals surface area contributed by atoms with Gasteiger partial charge in [-0.2, -0.15) is 0 Å². The van der Waals surface area contributed by atoms with Crippen molar-refractivity contribution in [1.82, 2.24) is 14.9 Å². The SMILES string of the molecule is CCOCCCNC(=O)c1cc2cccnc2n(CC)c1=O. The monoisotopic (exact) mass is 303 g/mol. The Kier molecular flexibility index (Phi) is 5.66. The normalized spacial score (nSPS) is 10.8. The van der Waals surface area contributed by atoms with Crippen LogP contribution in [0.1, 0.15) is 30.6 Å². The number of carbonyl (C=O) groups is 1. The fourth-order valence-corrected chi connectivity index (χ4v) is 2.28. The second kappa shape index (κ2) is 7.70. The molecule has 1 N–H and O–H groups in total. The van der Waals surface area contributed by atoms with Crippen LogP contribution in [0.15, 0.2) is 29.2 Å². The third-order valence-electron chi connectivity index (χ3n) is 3.36. The number of amides is 1. The van der Waals surface area contributed by atoms with Gasteiger partial charge in [-0.3, -0.25) is 14.2 Å². The highest BCUT2D eigenvalue weighted by molar-refractivity contribution is 5.96. The van der Waals surface area contributed by atoms with Crippen molar-refractivity contribution >= 4 is 16.9 Å². The Balaban J connectivity index is 2.22. The minimum absolute atomic E-state index is 0.152. The average Bonchev–Trinajstić information content (AvgIpc) is 2.54. The molecule has 2 aromatic heterocycles. The maximum Gasteiger partial charge on any atom is 0.265 e. The molecule has 22 heavy (non-hydrogen) atoms. The molecule has 0 saturated heterocycles. The van der Waals surface area contributed by atoms with Gasteiger partial charge in [-0.05, 0) is 38.5 Å². The number of pyridine rings is 2. The van der Waals surface area contributed by atoms with Crippen LogP contribution in [0.25, 0.3) is 11.0 Å². The Hall–Kier alpha value is -2.21. The second-order valence-corrected chi connectivity index (χ2v) is 4.83. The molecule has 0 saturated carbocycles. The van der Waals surface area contributed by atoms with E-state index in [1.165, 1.54) is 4.57 Å². The van der Waals surface area contributed by atoms with Crippen molar-refractivity contribution in [2.45, 2.75) is 26.8 Å². The summed E-state index contributed by atoms with van der Waals surface area (Å²) in [6, 6.07) is 5.24. The van der Waals surface area contributed by atoms with Crippen LogP contribution >= 0.6 is 0 Å². The molecule has 0 bridgehead atoms. The van der Waals surface area contributed by atoms with Crippen molar-refractivity contribution in [2.24, 2.45) is 0 Å². The predicted molar refractivity (Wildman–Crippen MR) is 85.1 cm³/mol. The van der Waals surface area contributed by atoms with Crippen LogP contribution in [0.3, 0.4) is 0 Å². The number of nitrogens with zero attached hydrogens (tertiary/aromatic N) is 2. The summed E-state index contributed by atoms with van der Waals surface area (Å²) in [5.74, 6) is -0.352. The van der Waals surface area contributed by atoms with E-state index in [9.17, 15) is 9.59 Å². The Morgan fingerprint density at radius 1 is 1.41 bits per heavy atom. The minimum Gasteiger partial charge on any atom is -0.382 e. The molecule has 0 aliphatic heterocycles. The van der Waals surface area contributed by atoms with Crippen molar-refractivity contribution < 1.29 is 9.53 Å². The lowest BCUT2D eigenvalue weighted by Crippen LogP contribution is -2.34. The Labute approximate surface area is 129 Å². The maximum absolute atomic E-state index is 12.4. The second-order valence-electron chi connectivity index (χ2n) is 4.83. The third kappa shape index (κ3) is 3.51. The number of rotatable bonds is 7. The fraction of sp³-hybridized carbons (Fsp3) is 0.438. The van der Waals surface area contributed by atoms with E-state index in [-0.39, 0.29) is 17.0 Å². The van der Waals surface area contributed by atoms with Gasteiger partial charge in [0.25, 0.3) is 11.5 Å². The van der Waals surface area contributed by atoms with E-state index in [1.807, 2.05) is 19.9 Å². The molecule has 0 aromatic carbocycles. The van der Waals surface area contributed by atoms with Gasteiger partial charge in [0, 0.05) is 37.9 Å². The van der Waals surface area contributed by atoms with Gasteiger partial charge >= 0.3 is 0 Å². The van der Waals surface area contributed by atoms with Gasteiger partial charge in [0.2, 0.25) is 0 Å². The first-order valence-electron chi connectivity index (χ1n) is 7.53. The van der Waals surface area contributed by atoms with Crippen LogP contribution in [-0.2, 0) is 11.3 Å². The summed E-state index contributed by atoms with van der Waals surface area (Å²) in [4.78, 5) is 28.9. The zero-order valence-corrected chi connectivity index (χ0v) is 13.0. The first-order valence-corrected chi connectivity index (χ1v) is 7.53. The first kappa shape index (κ1) is 16.2. The maximum atomic E-state index is 12.4. The lowest BCUT2D eigenvalue weighted by molar-refractivity contribution is 0.0942. The summed E-state index contributed by atoms with van der Waals surface area (Å²) in [7, 11) is 0. The Morgan fingerprint density at radius 3 is 2.95 bits per heavy atom. The summed E-state index contributed by atoms with van der Waals surface area (Å²) >= 11 is 0. The largest absolute Gasteiger partial charge is 0.382 e. The van der Waals surface area contributed by atoms with Crippen LogP contribution in [0.4, 0.5) is 0 Å². The van der Waals surface area contributed by atoms with Crippen molar-refractivity contribution in [3.8, 4) is 0 Å². The third-order valence-corrected chi connectivity index (χ3v) is 3.36. The van der Waals surface area contributed by atoms with E-state index >= 15 is 0 Å². The molecule has 2 aromatic rings. The molecular weight excluding hydrogens is 282 g/mol. The van der Waals surface area contributed by atoms with Crippen molar-refractivity contribution in [3.63, 3.8) is 0 Å². The van der Waals surface area contributed by atoms with Gasteiger partial charge in [-0.25, -0.2) is 4.98 Å². The number of ether oxygens (including phenoxy) is 1. The van der Waals surface area contributed by atoms with Crippen LogP contribution in [0.5, 0.6) is 0 Å². The highest BCUT2D eigenvalue weighted by Crippen LogP contribution is 2.10. The summed E-state index contributed by atoms with van der Waals surface area (Å²) in [5, 5.41) is 3.54. The summed E-state index contributed by atoms with van der Waals surface area (Å²) in [6.45, 7) is 5.99. The van der Waals surface area contributed by atoms with Crippen LogP contribution in [-0.4, -0.2) is 35.2 Å². The molecule has 0 spiro atoms. The van der Waals surface area contributed by atoms with Crippen molar-refractivity contribution in [2.75, 3.05) is 19.8 Å². The molecule has 0 atom stereocenters. The number of hydrogen-bond donors (Lipinski definition) is 1. The molecular formula is C16H21N3O3. The molecule has 2 rings (SSSR count). The molecule has 0 radical (unpaired) electrons. The number of hydrogen-bond acceptors (Lipinski definition) is 4. The van der Waals surface area contributed by atoms with Gasteiger partial charge in [0.05, 0.1) is 0 Å². The topological polar surface area (TPSA) is 73.2 Å². The molecule has 1 amide bonds. The first-order chi connectivity index (χ1) is 10.7. The molecule has 0 unspecified atom stereocenters. The molecule has 0 aliphatic carbocycles. The lowest BCUT2D eigenvalue weighted by atomic mass is 10.2. The summed E-state index contributed by atoms with van der Waals surface area (Å²) < 4.78 is 6.73. The lowest BCUT2D eigenvalue weighted by Gasteiger charge is -2.10. The summed E-state index contributed by atoms with van der Waals surface area (Å²) in [5.41, 5.74) is 0.442. The van der Waals surface area contributed by atoms with E-state index in [0.717, 1.165) is 11.8 Å². The smallest absolute Gasteiger partial charge is 0.265 e. The van der Waals surface area contributed by atoms with E-state index in [0.29, 0.717) is 32.0 Å². The van der Waals surface area contributed by atoms with Gasteiger partial charge in [-0.15, -0.1) is 0 Å². The number of nitrogens with one attached hydrogen (secondary N) is 1. The van der Waals surface area contributed by atoms with Crippen LogP contribution < -0.4 is 10.9 Å². The van der Waals surface area contributed by atoms with Crippen LogP contribution in [0, 0.1) is 0 Å². The number of fused-ring (bicyclic) bond motifs is 1. The van der Waals surface area contributed by atoms with Crippen LogP contribution in [0.2, 0.25) is 0 Å². The predicted octanol–water partition coefficient (Wildman–Crippen LogP) is 1.57. The van der Waals surface area contributed by atoms with E-state index < -0.39 is 0 Å². The Bertz CT molecular complexity index is 709. The zero-order chi connectivity index (χ0) is 15.9. The van der Waals surface area contributed by atoms with Gasteiger partial charge < -0.3 is 10.1 Å². The zero-order valence-electron chi connectivity index (χ0n) is 13.0. The molecule has 2 heterocycles. The minimum atomic E-state index is -0.352. The number of aromatic nitrogens is 2. The van der Waals surface area contributed by atoms with Crippen molar-refractivity contribution in [1.29, 1.82) is 0 Å². The molecule has 0 fully saturated rings. The number of aryl methyl sites for hydroxylation is 1. The molecule has 6 heteroatoms. The molecule has 0 aliphatic rings. The Morgan fingerprint density at radius 2 is 2.23 bits per heavy atom. The number of carbonyl (C=O) groups excluding carboxylic acids is 1. The van der Waals surface area contributed by atoms with Gasteiger partial charge in [0.15, 0.2) is 0 Å². The van der Waals surface area contributed by atoms with Gasteiger partial charge in [0.1, 0.15) is 11.2 Å². The summed E-state index contributed by atoms with van der Waals surface area (Å²) in [6.07, 6.45) is 2.36. The van der Waals surface area contributed by atoms with E-state index in [4.69, 9.17) is 4.74 Å². The molecule has 118 valence electrons. The van der Waals surface area contributed by atoms with Crippen molar-refractivity contribution in [3.05, 3.63) is 40.3 Å². The fourth-order valence-electron chi connectivity index (χ4n) is 2.28. The molecule has 6 nitrogen and oxygen atoms in total. The van der Waals surface area contributed by atoms with E-state index in [2.05, 4.69) is 10.3 Å². The highest BCUT2D eigenvalue weighted by Gasteiger charge is 2.15.